The van der Waals surface area contributed by atoms with E-state index in [2.05, 4.69) is 10.2 Å². The third-order valence-corrected chi connectivity index (χ3v) is 6.66. The SMILES string of the molecule is CCn1c(=O)c(C(=O)CSc2nnc(C)n2-c2ccccc2C)c(N)n(Cc2ccccc2)c1=O. The van der Waals surface area contributed by atoms with Crippen molar-refractivity contribution in [3.8, 4) is 5.69 Å². The van der Waals surface area contributed by atoms with Crippen LogP contribution in [-0.2, 0) is 13.1 Å². The van der Waals surface area contributed by atoms with Crippen LogP contribution in [0.2, 0.25) is 0 Å². The van der Waals surface area contributed by atoms with Crippen molar-refractivity contribution >= 4 is 23.4 Å². The topological polar surface area (TPSA) is 118 Å². The van der Waals surface area contributed by atoms with Crippen molar-refractivity contribution in [3.63, 3.8) is 0 Å². The van der Waals surface area contributed by atoms with E-state index >= 15 is 0 Å². The van der Waals surface area contributed by atoms with E-state index < -0.39 is 17.0 Å². The number of carbonyl (C=O) groups excluding carboxylic acids is 1. The maximum atomic E-state index is 13.3. The molecule has 0 saturated heterocycles. The van der Waals surface area contributed by atoms with Gasteiger partial charge >= 0.3 is 5.69 Å². The molecule has 2 aromatic heterocycles. The fraction of sp³-hybridized carbons (Fsp3) is 0.240. The van der Waals surface area contributed by atoms with Crippen LogP contribution < -0.4 is 17.0 Å². The first-order valence-corrected chi connectivity index (χ1v) is 12.1. The van der Waals surface area contributed by atoms with Crippen LogP contribution in [0.25, 0.3) is 5.69 Å². The molecule has 0 spiro atoms. The van der Waals surface area contributed by atoms with Gasteiger partial charge in [-0.05, 0) is 38.0 Å². The number of para-hydroxylation sites is 1. The molecule has 0 radical (unpaired) electrons. The summed E-state index contributed by atoms with van der Waals surface area (Å²) in [6, 6.07) is 17.1. The molecule has 2 aromatic carbocycles. The number of nitrogens with two attached hydrogens (primary N) is 1. The van der Waals surface area contributed by atoms with E-state index in [0.717, 1.165) is 21.4 Å². The Morgan fingerprint density at radius 1 is 0.971 bits per heavy atom. The number of anilines is 1. The van der Waals surface area contributed by atoms with Crippen LogP contribution in [0.5, 0.6) is 0 Å². The van der Waals surface area contributed by atoms with Crippen molar-refractivity contribution in [2.75, 3.05) is 11.5 Å². The average molecular weight is 491 g/mol. The molecule has 4 aromatic rings. The quantitative estimate of drug-likeness (QED) is 0.298. The molecule has 9 nitrogen and oxygen atoms in total. The Morgan fingerprint density at radius 3 is 2.34 bits per heavy atom. The van der Waals surface area contributed by atoms with Gasteiger partial charge in [0.05, 0.1) is 18.0 Å². The van der Waals surface area contributed by atoms with Crippen LogP contribution in [-0.4, -0.2) is 35.4 Å². The number of nitrogen functional groups attached to an aromatic ring is 1. The number of thioether (sulfide) groups is 1. The average Bonchev–Trinajstić information content (AvgIpc) is 3.21. The molecule has 2 heterocycles. The zero-order valence-electron chi connectivity index (χ0n) is 19.8. The lowest BCUT2D eigenvalue weighted by molar-refractivity contribution is 0.102. The largest absolute Gasteiger partial charge is 0.384 e. The summed E-state index contributed by atoms with van der Waals surface area (Å²) in [5.74, 6) is -0.0100. The molecule has 35 heavy (non-hydrogen) atoms. The number of Topliss-reactive ketones (excluding diaryl/α,β-unsaturated/α-hetero) is 1. The van der Waals surface area contributed by atoms with Gasteiger partial charge in [0.2, 0.25) is 0 Å². The predicted octanol–water partition coefficient (Wildman–Crippen LogP) is 2.83. The first-order valence-electron chi connectivity index (χ1n) is 11.1. The van der Waals surface area contributed by atoms with Gasteiger partial charge in [-0.1, -0.05) is 60.3 Å². The highest BCUT2D eigenvalue weighted by molar-refractivity contribution is 7.99. The molecule has 0 atom stereocenters. The number of benzene rings is 2. The Hall–Kier alpha value is -3.92. The maximum absolute atomic E-state index is 13.3. The van der Waals surface area contributed by atoms with Gasteiger partial charge < -0.3 is 5.73 Å². The van der Waals surface area contributed by atoms with Crippen molar-refractivity contribution in [1.29, 1.82) is 0 Å². The molecule has 0 amide bonds. The number of rotatable bonds is 8. The van der Waals surface area contributed by atoms with Gasteiger partial charge in [-0.3, -0.25) is 23.3 Å². The Balaban J connectivity index is 1.69. The second-order valence-electron chi connectivity index (χ2n) is 8.03. The Labute approximate surface area is 206 Å². The third kappa shape index (κ3) is 4.69. The number of carbonyl (C=O) groups is 1. The van der Waals surface area contributed by atoms with Crippen LogP contribution in [0.3, 0.4) is 0 Å². The first kappa shape index (κ1) is 24.2. The highest BCUT2D eigenvalue weighted by atomic mass is 32.2. The van der Waals surface area contributed by atoms with Crippen LogP contribution >= 0.6 is 11.8 Å². The standard InChI is InChI=1S/C25H26N6O3S/c1-4-29-23(33)21(22(26)30(25(29)34)14-18-11-6-5-7-12-18)20(32)15-35-24-28-27-17(3)31(24)19-13-9-8-10-16(19)2/h5-13H,4,14-15,26H2,1-3H3. The first-order chi connectivity index (χ1) is 16.8. The van der Waals surface area contributed by atoms with Crippen LogP contribution in [0.15, 0.2) is 69.3 Å². The minimum absolute atomic E-state index is 0.0866. The highest BCUT2D eigenvalue weighted by Gasteiger charge is 2.24. The number of aryl methyl sites for hydroxylation is 2. The molecule has 0 aliphatic rings. The van der Waals surface area contributed by atoms with E-state index in [1.807, 2.05) is 73.0 Å². The molecular weight excluding hydrogens is 464 g/mol. The van der Waals surface area contributed by atoms with Gasteiger partial charge in [-0.25, -0.2) is 4.79 Å². The summed E-state index contributed by atoms with van der Waals surface area (Å²) in [6.07, 6.45) is 0. The molecule has 0 bridgehead atoms. The maximum Gasteiger partial charge on any atom is 0.332 e. The van der Waals surface area contributed by atoms with E-state index in [-0.39, 0.29) is 30.2 Å². The lowest BCUT2D eigenvalue weighted by Crippen LogP contribution is -2.44. The Bertz CT molecular complexity index is 1500. The van der Waals surface area contributed by atoms with Crippen molar-refractivity contribution in [3.05, 3.63) is 98.0 Å². The second-order valence-corrected chi connectivity index (χ2v) is 8.97. The smallest absolute Gasteiger partial charge is 0.332 e. The van der Waals surface area contributed by atoms with E-state index in [9.17, 15) is 14.4 Å². The molecule has 0 saturated carbocycles. The van der Waals surface area contributed by atoms with Gasteiger partial charge in [0.25, 0.3) is 5.56 Å². The zero-order chi connectivity index (χ0) is 25.1. The van der Waals surface area contributed by atoms with Gasteiger partial charge in [-0.2, -0.15) is 0 Å². The summed E-state index contributed by atoms with van der Waals surface area (Å²) in [6.45, 7) is 5.78. The van der Waals surface area contributed by atoms with Gasteiger partial charge in [0, 0.05) is 6.54 Å². The lowest BCUT2D eigenvalue weighted by atomic mass is 10.2. The normalized spacial score (nSPS) is 11.1. The summed E-state index contributed by atoms with van der Waals surface area (Å²) in [4.78, 5) is 39.3. The van der Waals surface area contributed by atoms with Crippen molar-refractivity contribution < 1.29 is 4.79 Å². The third-order valence-electron chi connectivity index (χ3n) is 5.73. The Kier molecular flexibility index (Phi) is 7.02. The number of ketones is 1. The zero-order valence-corrected chi connectivity index (χ0v) is 20.6. The van der Waals surface area contributed by atoms with Gasteiger partial charge in [0.15, 0.2) is 10.9 Å². The fourth-order valence-electron chi connectivity index (χ4n) is 3.91. The number of hydrogen-bond acceptors (Lipinski definition) is 7. The van der Waals surface area contributed by atoms with Gasteiger partial charge in [0.1, 0.15) is 17.2 Å². The van der Waals surface area contributed by atoms with E-state index in [0.29, 0.717) is 11.0 Å². The molecule has 180 valence electrons. The summed E-state index contributed by atoms with van der Waals surface area (Å²) < 4.78 is 4.19. The van der Waals surface area contributed by atoms with Crippen LogP contribution in [0, 0.1) is 13.8 Å². The fourth-order valence-corrected chi connectivity index (χ4v) is 4.77. The number of hydrogen-bond donors (Lipinski definition) is 1. The van der Waals surface area contributed by atoms with Crippen LogP contribution in [0.1, 0.15) is 34.2 Å². The van der Waals surface area contributed by atoms with Gasteiger partial charge in [-0.15, -0.1) is 10.2 Å². The molecule has 0 unspecified atom stereocenters. The molecule has 10 heteroatoms. The highest BCUT2D eigenvalue weighted by Crippen LogP contribution is 2.25. The van der Waals surface area contributed by atoms with E-state index in [4.69, 9.17) is 5.73 Å². The second kappa shape index (κ2) is 10.1. The molecule has 0 aliphatic carbocycles. The van der Waals surface area contributed by atoms with E-state index in [1.54, 1.807) is 6.92 Å². The number of aromatic nitrogens is 5. The summed E-state index contributed by atoms with van der Waals surface area (Å²) in [5, 5.41) is 8.91. The van der Waals surface area contributed by atoms with Crippen molar-refractivity contribution in [2.45, 2.75) is 39.0 Å². The monoisotopic (exact) mass is 490 g/mol. The summed E-state index contributed by atoms with van der Waals surface area (Å²) in [5.41, 5.74) is 7.62. The Morgan fingerprint density at radius 2 is 1.66 bits per heavy atom. The summed E-state index contributed by atoms with van der Waals surface area (Å²) >= 11 is 1.17. The minimum atomic E-state index is -0.679. The van der Waals surface area contributed by atoms with Crippen molar-refractivity contribution in [1.82, 2.24) is 23.9 Å². The summed E-state index contributed by atoms with van der Waals surface area (Å²) in [7, 11) is 0. The molecule has 2 N–H and O–H groups in total. The van der Waals surface area contributed by atoms with Crippen molar-refractivity contribution in [2.24, 2.45) is 0 Å². The predicted molar refractivity (Wildman–Crippen MR) is 136 cm³/mol. The molecular formula is C25H26N6O3S. The van der Waals surface area contributed by atoms with E-state index in [1.165, 1.54) is 16.3 Å². The number of nitrogens with zero attached hydrogens (tertiary/aromatic N) is 5. The molecule has 0 fully saturated rings. The molecule has 4 rings (SSSR count). The lowest BCUT2D eigenvalue weighted by Gasteiger charge is -2.16. The van der Waals surface area contributed by atoms with Crippen LogP contribution in [0.4, 0.5) is 5.82 Å². The minimum Gasteiger partial charge on any atom is -0.384 e. The molecule has 0 aliphatic heterocycles.